The summed E-state index contributed by atoms with van der Waals surface area (Å²) in [5.74, 6) is -1.10. The number of carbonyl (C=O) groups excluding carboxylic acids is 1. The van der Waals surface area contributed by atoms with Crippen molar-refractivity contribution in [1.82, 2.24) is 9.97 Å². The maximum absolute atomic E-state index is 10.6. The van der Waals surface area contributed by atoms with Gasteiger partial charge in [0.2, 0.25) is 5.88 Å². The van der Waals surface area contributed by atoms with Crippen LogP contribution in [-0.4, -0.2) is 28.1 Å². The third-order valence-corrected chi connectivity index (χ3v) is 1.13. The summed E-state index contributed by atoms with van der Waals surface area (Å²) in [5, 5.41) is 8.94. The molecule has 0 unspecified atom stereocenters. The largest absolute Gasteiger partial charge is 0.493 e. The van der Waals surface area contributed by atoms with E-state index in [1.165, 1.54) is 7.11 Å². The van der Waals surface area contributed by atoms with Crippen LogP contribution in [0, 0.1) is 0 Å². The molecular weight excluding hydrogens is 162 g/mol. The van der Waals surface area contributed by atoms with Crippen LogP contribution in [0.4, 0.5) is 0 Å². The van der Waals surface area contributed by atoms with Crippen molar-refractivity contribution < 1.29 is 14.6 Å². The Hall–Kier alpha value is -1.85. The molecule has 1 rings (SSSR count). The maximum atomic E-state index is 10.6. The highest BCUT2D eigenvalue weighted by Gasteiger charge is 2.07. The predicted molar refractivity (Wildman–Crippen MR) is 38.8 cm³/mol. The SMILES string of the molecule is COc1nc(O)cc(C(N)=O)n1. The van der Waals surface area contributed by atoms with Crippen molar-refractivity contribution in [2.24, 2.45) is 5.73 Å². The van der Waals surface area contributed by atoms with Gasteiger partial charge in [-0.2, -0.15) is 9.97 Å². The summed E-state index contributed by atoms with van der Waals surface area (Å²) >= 11 is 0. The smallest absolute Gasteiger partial charge is 0.320 e. The van der Waals surface area contributed by atoms with Crippen molar-refractivity contribution >= 4 is 5.91 Å². The Bertz CT molecular complexity index is 313. The van der Waals surface area contributed by atoms with Gasteiger partial charge in [-0.15, -0.1) is 0 Å². The Labute approximate surface area is 68.0 Å². The van der Waals surface area contributed by atoms with Crippen LogP contribution in [0.1, 0.15) is 10.5 Å². The van der Waals surface area contributed by atoms with Crippen LogP contribution in [0.25, 0.3) is 0 Å². The van der Waals surface area contributed by atoms with E-state index < -0.39 is 5.91 Å². The molecule has 0 atom stereocenters. The van der Waals surface area contributed by atoms with E-state index in [9.17, 15) is 4.79 Å². The number of rotatable bonds is 2. The van der Waals surface area contributed by atoms with Crippen LogP contribution in [0.15, 0.2) is 6.07 Å². The Balaban J connectivity index is 3.15. The lowest BCUT2D eigenvalue weighted by atomic mass is 10.4. The van der Waals surface area contributed by atoms with Gasteiger partial charge in [-0.1, -0.05) is 0 Å². The summed E-state index contributed by atoms with van der Waals surface area (Å²) in [5.41, 5.74) is 4.83. The van der Waals surface area contributed by atoms with Crippen molar-refractivity contribution in [2.75, 3.05) is 7.11 Å². The van der Waals surface area contributed by atoms with E-state index in [2.05, 4.69) is 14.7 Å². The Morgan fingerprint density at radius 3 is 2.83 bits per heavy atom. The fraction of sp³-hybridized carbons (Fsp3) is 0.167. The average Bonchev–Trinajstić information content (AvgIpc) is 2.03. The highest BCUT2D eigenvalue weighted by atomic mass is 16.5. The van der Waals surface area contributed by atoms with Gasteiger partial charge < -0.3 is 15.6 Å². The second-order valence-corrected chi connectivity index (χ2v) is 1.96. The minimum atomic E-state index is -0.744. The number of nitrogens with zero attached hydrogens (tertiary/aromatic N) is 2. The van der Waals surface area contributed by atoms with Crippen LogP contribution in [0.5, 0.6) is 11.9 Å². The zero-order chi connectivity index (χ0) is 9.14. The number of hydrogen-bond donors (Lipinski definition) is 2. The van der Waals surface area contributed by atoms with E-state index in [1.54, 1.807) is 0 Å². The zero-order valence-electron chi connectivity index (χ0n) is 6.31. The molecule has 1 heterocycles. The molecular formula is C6H7N3O3. The van der Waals surface area contributed by atoms with Crippen molar-refractivity contribution in [3.8, 4) is 11.9 Å². The van der Waals surface area contributed by atoms with Gasteiger partial charge in [0.15, 0.2) is 0 Å². The fourth-order valence-electron chi connectivity index (χ4n) is 0.630. The van der Waals surface area contributed by atoms with Crippen LogP contribution in [0.3, 0.4) is 0 Å². The summed E-state index contributed by atoms with van der Waals surface area (Å²) in [6.07, 6.45) is 0. The van der Waals surface area contributed by atoms with Crippen LogP contribution < -0.4 is 10.5 Å². The number of aromatic hydroxyl groups is 1. The van der Waals surface area contributed by atoms with E-state index in [0.717, 1.165) is 6.07 Å². The fourth-order valence-corrected chi connectivity index (χ4v) is 0.630. The van der Waals surface area contributed by atoms with Crippen molar-refractivity contribution in [3.63, 3.8) is 0 Å². The standard InChI is InChI=1S/C6H7N3O3/c1-12-6-8-3(5(7)11)2-4(10)9-6/h2H,1H3,(H2,7,11)(H,8,9,10). The molecule has 0 aliphatic carbocycles. The average molecular weight is 169 g/mol. The summed E-state index contributed by atoms with van der Waals surface area (Å²) in [6.45, 7) is 0. The Kier molecular flexibility index (Phi) is 2.09. The lowest BCUT2D eigenvalue weighted by Gasteiger charge is -1.99. The van der Waals surface area contributed by atoms with Gasteiger partial charge in [0.1, 0.15) is 5.69 Å². The van der Waals surface area contributed by atoms with E-state index >= 15 is 0 Å². The molecule has 0 spiro atoms. The monoisotopic (exact) mass is 169 g/mol. The minimum absolute atomic E-state index is 0.0839. The van der Waals surface area contributed by atoms with Gasteiger partial charge in [0.05, 0.1) is 7.11 Å². The third-order valence-electron chi connectivity index (χ3n) is 1.13. The molecule has 1 amide bonds. The molecule has 64 valence electrons. The topological polar surface area (TPSA) is 98.3 Å². The van der Waals surface area contributed by atoms with E-state index in [-0.39, 0.29) is 17.6 Å². The lowest BCUT2D eigenvalue weighted by molar-refractivity contribution is 0.0993. The first-order valence-corrected chi connectivity index (χ1v) is 3.05. The molecule has 0 saturated carbocycles. The van der Waals surface area contributed by atoms with E-state index in [4.69, 9.17) is 10.8 Å². The number of aromatic nitrogens is 2. The first-order chi connectivity index (χ1) is 5.63. The minimum Gasteiger partial charge on any atom is -0.493 e. The van der Waals surface area contributed by atoms with Gasteiger partial charge in [-0.3, -0.25) is 4.79 Å². The molecule has 0 aliphatic rings. The second kappa shape index (κ2) is 3.04. The van der Waals surface area contributed by atoms with Crippen LogP contribution >= 0.6 is 0 Å². The van der Waals surface area contributed by atoms with E-state index in [0.29, 0.717) is 0 Å². The van der Waals surface area contributed by atoms with Crippen molar-refractivity contribution in [1.29, 1.82) is 0 Å². The quantitative estimate of drug-likeness (QED) is 0.609. The maximum Gasteiger partial charge on any atom is 0.320 e. The van der Waals surface area contributed by atoms with Gasteiger partial charge >= 0.3 is 6.01 Å². The van der Waals surface area contributed by atoms with Crippen molar-refractivity contribution in [3.05, 3.63) is 11.8 Å². The molecule has 6 heteroatoms. The number of ether oxygens (including phenoxy) is 1. The van der Waals surface area contributed by atoms with Gasteiger partial charge in [-0.05, 0) is 0 Å². The van der Waals surface area contributed by atoms with Crippen LogP contribution in [-0.2, 0) is 0 Å². The summed E-state index contributed by atoms with van der Waals surface area (Å²) in [6, 6.07) is 0.967. The predicted octanol–water partition coefficient (Wildman–Crippen LogP) is -0.710. The molecule has 0 radical (unpaired) electrons. The summed E-state index contributed by atoms with van der Waals surface area (Å²) < 4.78 is 4.60. The van der Waals surface area contributed by atoms with Crippen LogP contribution in [0.2, 0.25) is 0 Å². The zero-order valence-corrected chi connectivity index (χ0v) is 6.31. The number of methoxy groups -OCH3 is 1. The molecule has 6 nitrogen and oxygen atoms in total. The molecule has 1 aromatic heterocycles. The molecule has 0 bridgehead atoms. The van der Waals surface area contributed by atoms with Crippen molar-refractivity contribution in [2.45, 2.75) is 0 Å². The molecule has 0 saturated heterocycles. The molecule has 0 fully saturated rings. The van der Waals surface area contributed by atoms with Gasteiger partial charge in [0.25, 0.3) is 5.91 Å². The number of amides is 1. The second-order valence-electron chi connectivity index (χ2n) is 1.96. The number of carbonyl (C=O) groups is 1. The molecule has 12 heavy (non-hydrogen) atoms. The highest BCUT2D eigenvalue weighted by molar-refractivity contribution is 5.91. The first kappa shape index (κ1) is 8.25. The van der Waals surface area contributed by atoms with E-state index in [1.807, 2.05) is 0 Å². The molecule has 1 aromatic rings. The first-order valence-electron chi connectivity index (χ1n) is 3.05. The number of hydrogen-bond acceptors (Lipinski definition) is 5. The number of nitrogens with two attached hydrogens (primary N) is 1. The third kappa shape index (κ3) is 1.60. The summed E-state index contributed by atoms with van der Waals surface area (Å²) in [4.78, 5) is 17.6. The molecule has 3 N–H and O–H groups in total. The Morgan fingerprint density at radius 2 is 2.33 bits per heavy atom. The Morgan fingerprint density at radius 1 is 1.67 bits per heavy atom. The number of primary amides is 1. The van der Waals surface area contributed by atoms with Gasteiger partial charge in [0, 0.05) is 6.07 Å². The summed E-state index contributed by atoms with van der Waals surface area (Å²) in [7, 11) is 1.32. The molecule has 0 aromatic carbocycles. The van der Waals surface area contributed by atoms with Gasteiger partial charge in [-0.25, -0.2) is 0 Å². The highest BCUT2D eigenvalue weighted by Crippen LogP contribution is 2.10. The lowest BCUT2D eigenvalue weighted by Crippen LogP contribution is -2.13. The normalized spacial score (nSPS) is 9.42. The molecule has 0 aliphatic heterocycles.